The number of carbonyl (C=O) groups excluding carboxylic acids is 3. The summed E-state index contributed by atoms with van der Waals surface area (Å²) in [6.45, 7) is 9.39. The number of nitrogens with one attached hydrogen (secondary N) is 3. The third kappa shape index (κ3) is 6.07. The van der Waals surface area contributed by atoms with Crippen LogP contribution in [0.1, 0.15) is 52.9 Å². The summed E-state index contributed by atoms with van der Waals surface area (Å²) in [6.07, 6.45) is 4.53. The van der Waals surface area contributed by atoms with Crippen molar-refractivity contribution >= 4 is 29.1 Å². The fourth-order valence-corrected chi connectivity index (χ4v) is 6.12. The Morgan fingerprint density at radius 3 is 2.54 bits per heavy atom. The first kappa shape index (κ1) is 27.9. The van der Waals surface area contributed by atoms with Gasteiger partial charge in [-0.1, -0.05) is 0 Å². The molecule has 214 valence electrons. The summed E-state index contributed by atoms with van der Waals surface area (Å²) in [5.74, 6) is 0.217. The molecule has 0 aromatic heterocycles. The number of nitrogens with zero attached hydrogens (tertiary/aromatic N) is 1. The maximum Gasteiger partial charge on any atom is 0.270 e. The van der Waals surface area contributed by atoms with Crippen molar-refractivity contribution in [2.75, 3.05) is 56.3 Å². The van der Waals surface area contributed by atoms with Gasteiger partial charge in [0, 0.05) is 50.7 Å². The minimum absolute atomic E-state index is 0.0426. The van der Waals surface area contributed by atoms with Crippen LogP contribution in [0.15, 0.2) is 18.2 Å². The quantitative estimate of drug-likeness (QED) is 0.410. The van der Waals surface area contributed by atoms with Crippen molar-refractivity contribution < 1.29 is 28.6 Å². The number of benzene rings is 1. The van der Waals surface area contributed by atoms with Gasteiger partial charge in [-0.25, -0.2) is 0 Å². The van der Waals surface area contributed by atoms with Crippen LogP contribution in [0.5, 0.6) is 5.75 Å². The van der Waals surface area contributed by atoms with Gasteiger partial charge in [-0.05, 0) is 77.0 Å². The SMILES string of the molecule is CCOCCN1C(=O)C(C)(C)Oc2ccc(NC(=O)[C@H]3CNC[C@@H](C(=O)NC4(C5CCOCC5)CC4)C3)cc21. The molecule has 1 aromatic rings. The minimum Gasteiger partial charge on any atom is -0.476 e. The van der Waals surface area contributed by atoms with Crippen LogP contribution in [0, 0.1) is 17.8 Å². The second-order valence-corrected chi connectivity index (χ2v) is 11.8. The van der Waals surface area contributed by atoms with Crippen molar-refractivity contribution in [1.29, 1.82) is 0 Å². The van der Waals surface area contributed by atoms with Gasteiger partial charge >= 0.3 is 0 Å². The highest BCUT2D eigenvalue weighted by atomic mass is 16.5. The molecule has 10 heteroatoms. The summed E-state index contributed by atoms with van der Waals surface area (Å²) in [4.78, 5) is 41.3. The smallest absolute Gasteiger partial charge is 0.270 e. The fraction of sp³-hybridized carbons (Fsp3) is 0.690. The van der Waals surface area contributed by atoms with Gasteiger partial charge in [0.15, 0.2) is 5.60 Å². The van der Waals surface area contributed by atoms with Gasteiger partial charge in [0.25, 0.3) is 5.91 Å². The summed E-state index contributed by atoms with van der Waals surface area (Å²) in [5, 5.41) is 9.66. The van der Waals surface area contributed by atoms with Crippen LogP contribution >= 0.6 is 0 Å². The maximum absolute atomic E-state index is 13.3. The topological polar surface area (TPSA) is 118 Å². The molecular weight excluding hydrogens is 500 g/mol. The molecule has 0 radical (unpaired) electrons. The Bertz CT molecular complexity index is 1080. The van der Waals surface area contributed by atoms with Crippen LogP contribution in [-0.2, 0) is 23.9 Å². The fourth-order valence-electron chi connectivity index (χ4n) is 6.12. The molecule has 2 saturated heterocycles. The van der Waals surface area contributed by atoms with E-state index in [-0.39, 0.29) is 35.1 Å². The third-order valence-electron chi connectivity index (χ3n) is 8.56. The standard InChI is InChI=1S/C29H42N4O6/c1-4-37-14-11-33-23-16-22(5-6-24(23)39-28(2,3)27(33)36)31-25(34)19-15-20(18-30-17-19)26(35)32-29(9-10-29)21-7-12-38-13-8-21/h5-6,16,19-21,30H,4,7-15,17-18H2,1-3H3,(H,31,34)(H,32,35)/t19-,20+/m1/s1. The normalized spacial score (nSPS) is 25.8. The second-order valence-electron chi connectivity index (χ2n) is 11.8. The highest BCUT2D eigenvalue weighted by Gasteiger charge is 2.51. The number of fused-ring (bicyclic) bond motifs is 1. The summed E-state index contributed by atoms with van der Waals surface area (Å²) in [7, 11) is 0. The molecule has 0 spiro atoms. The molecule has 1 aromatic carbocycles. The Kier molecular flexibility index (Phi) is 8.16. The first-order chi connectivity index (χ1) is 18.7. The van der Waals surface area contributed by atoms with Gasteiger partial charge in [0.1, 0.15) is 5.75 Å². The Labute approximate surface area is 230 Å². The summed E-state index contributed by atoms with van der Waals surface area (Å²) < 4.78 is 17.0. The van der Waals surface area contributed by atoms with Crippen molar-refractivity contribution in [2.24, 2.45) is 17.8 Å². The highest BCUT2D eigenvalue weighted by molar-refractivity contribution is 6.03. The van der Waals surface area contributed by atoms with E-state index in [0.717, 1.165) is 38.9 Å². The summed E-state index contributed by atoms with van der Waals surface area (Å²) in [5.41, 5.74) is 0.122. The maximum atomic E-state index is 13.3. The van der Waals surface area contributed by atoms with Crippen LogP contribution in [0.2, 0.25) is 0 Å². The Balaban J connectivity index is 1.22. The molecule has 3 amide bonds. The molecule has 3 N–H and O–H groups in total. The zero-order chi connectivity index (χ0) is 27.6. The van der Waals surface area contributed by atoms with Gasteiger partial charge in [-0.2, -0.15) is 0 Å². The zero-order valence-electron chi connectivity index (χ0n) is 23.3. The van der Waals surface area contributed by atoms with Crippen LogP contribution in [-0.4, -0.2) is 74.9 Å². The lowest BCUT2D eigenvalue weighted by Gasteiger charge is -2.39. The summed E-state index contributed by atoms with van der Waals surface area (Å²) >= 11 is 0. The minimum atomic E-state index is -0.989. The number of piperidine rings is 1. The van der Waals surface area contributed by atoms with E-state index >= 15 is 0 Å². The Morgan fingerprint density at radius 1 is 1.13 bits per heavy atom. The third-order valence-corrected chi connectivity index (χ3v) is 8.56. The predicted molar refractivity (Wildman–Crippen MR) is 147 cm³/mol. The van der Waals surface area contributed by atoms with Crippen molar-refractivity contribution in [1.82, 2.24) is 10.6 Å². The number of amides is 3. The monoisotopic (exact) mass is 542 g/mol. The molecule has 3 aliphatic heterocycles. The van der Waals surface area contributed by atoms with Crippen molar-refractivity contribution in [3.8, 4) is 5.75 Å². The molecular formula is C29H42N4O6. The van der Waals surface area contributed by atoms with Crippen LogP contribution < -0.4 is 25.6 Å². The van der Waals surface area contributed by atoms with E-state index < -0.39 is 5.60 Å². The van der Waals surface area contributed by atoms with Crippen molar-refractivity contribution in [3.63, 3.8) is 0 Å². The molecule has 3 heterocycles. The highest BCUT2D eigenvalue weighted by Crippen LogP contribution is 2.46. The Hall–Kier alpha value is -2.69. The zero-order valence-corrected chi connectivity index (χ0v) is 23.3. The van der Waals surface area contributed by atoms with Gasteiger partial charge in [0.05, 0.1) is 24.1 Å². The van der Waals surface area contributed by atoms with Gasteiger partial charge in [-0.15, -0.1) is 0 Å². The van der Waals surface area contributed by atoms with Gasteiger partial charge < -0.3 is 35.1 Å². The first-order valence-electron chi connectivity index (χ1n) is 14.4. The lowest BCUT2D eigenvalue weighted by molar-refractivity contribution is -0.133. The van der Waals surface area contributed by atoms with Crippen molar-refractivity contribution in [3.05, 3.63) is 18.2 Å². The van der Waals surface area contributed by atoms with E-state index in [1.165, 1.54) is 0 Å². The summed E-state index contributed by atoms with van der Waals surface area (Å²) in [6, 6.07) is 5.35. The lowest BCUT2D eigenvalue weighted by atomic mass is 9.86. The predicted octanol–water partition coefficient (Wildman–Crippen LogP) is 2.47. The molecule has 39 heavy (non-hydrogen) atoms. The van der Waals surface area contributed by atoms with Crippen molar-refractivity contribution in [2.45, 2.75) is 64.0 Å². The molecule has 1 aliphatic carbocycles. The van der Waals surface area contributed by atoms with E-state index in [1.54, 1.807) is 36.9 Å². The van der Waals surface area contributed by atoms with E-state index in [1.807, 2.05) is 6.92 Å². The molecule has 0 unspecified atom stereocenters. The molecule has 3 fully saturated rings. The van der Waals surface area contributed by atoms with E-state index in [0.29, 0.717) is 62.3 Å². The largest absolute Gasteiger partial charge is 0.476 e. The number of anilines is 2. The first-order valence-corrected chi connectivity index (χ1v) is 14.4. The molecule has 1 saturated carbocycles. The molecule has 5 rings (SSSR count). The number of hydrogen-bond donors (Lipinski definition) is 3. The average molecular weight is 543 g/mol. The number of ether oxygens (including phenoxy) is 3. The van der Waals surface area contributed by atoms with E-state index in [2.05, 4.69) is 16.0 Å². The Morgan fingerprint density at radius 2 is 1.85 bits per heavy atom. The molecule has 4 aliphatic rings. The second kappa shape index (κ2) is 11.4. The lowest BCUT2D eigenvalue weighted by Crippen LogP contribution is -2.53. The number of carbonyl (C=O) groups is 3. The van der Waals surface area contributed by atoms with E-state index in [9.17, 15) is 14.4 Å². The molecule has 0 bridgehead atoms. The van der Waals surface area contributed by atoms with E-state index in [4.69, 9.17) is 14.2 Å². The molecule has 2 atom stereocenters. The number of hydrogen-bond acceptors (Lipinski definition) is 7. The number of rotatable bonds is 9. The van der Waals surface area contributed by atoms with Gasteiger partial charge in [-0.3, -0.25) is 14.4 Å². The van der Waals surface area contributed by atoms with Crippen LogP contribution in [0.4, 0.5) is 11.4 Å². The van der Waals surface area contributed by atoms with Crippen LogP contribution in [0.25, 0.3) is 0 Å². The molecule has 10 nitrogen and oxygen atoms in total. The average Bonchev–Trinajstić information content (AvgIpc) is 3.72. The van der Waals surface area contributed by atoms with Gasteiger partial charge in [0.2, 0.25) is 11.8 Å². The van der Waals surface area contributed by atoms with Crippen LogP contribution in [0.3, 0.4) is 0 Å².